The van der Waals surface area contributed by atoms with Gasteiger partial charge in [-0.25, -0.2) is 9.45 Å². The second-order valence-corrected chi connectivity index (χ2v) is 7.86. The quantitative estimate of drug-likeness (QED) is 0.571. The predicted molar refractivity (Wildman–Crippen MR) is 119 cm³/mol. The van der Waals surface area contributed by atoms with Gasteiger partial charge < -0.3 is 0 Å². The molecular weight excluding hydrogens is 407 g/mol. The van der Waals surface area contributed by atoms with Crippen LogP contribution in [0.3, 0.4) is 0 Å². The fraction of sp³-hybridized carbons (Fsp3) is 0.154. The van der Waals surface area contributed by atoms with Gasteiger partial charge in [-0.2, -0.15) is 0 Å². The molecule has 0 spiro atoms. The van der Waals surface area contributed by atoms with Crippen LogP contribution in [0, 0.1) is 11.7 Å². The molecule has 0 radical (unpaired) electrons. The number of carbonyl (C=O) groups is 2. The molecule has 2 heterocycles. The maximum atomic E-state index is 13.4. The van der Waals surface area contributed by atoms with Crippen LogP contribution in [-0.4, -0.2) is 28.9 Å². The van der Waals surface area contributed by atoms with Crippen LogP contribution in [-0.2, 0) is 21.0 Å². The van der Waals surface area contributed by atoms with E-state index in [1.54, 1.807) is 17.2 Å². The van der Waals surface area contributed by atoms with Crippen molar-refractivity contribution in [1.82, 2.24) is 4.90 Å². The molecule has 0 saturated carbocycles. The zero-order chi connectivity index (χ0) is 22.1. The number of rotatable bonds is 5. The summed E-state index contributed by atoms with van der Waals surface area (Å²) in [7, 11) is 0. The Balaban J connectivity index is 1.46. The molecule has 3 aromatic carbocycles. The molecule has 2 aliphatic rings. The third kappa shape index (κ3) is 3.69. The number of likely N-dealkylation sites (tertiary alicyclic amines) is 1. The molecule has 0 aliphatic carbocycles. The number of hydrogen-bond acceptors (Lipinski definition) is 4. The molecule has 2 saturated heterocycles. The predicted octanol–water partition coefficient (Wildman–Crippen LogP) is 4.21. The molecule has 5 nitrogen and oxygen atoms in total. The second-order valence-electron chi connectivity index (χ2n) is 7.86. The molecule has 2 amide bonds. The summed E-state index contributed by atoms with van der Waals surface area (Å²) in [5.74, 6) is -1.56. The Morgan fingerprint density at radius 1 is 0.844 bits per heavy atom. The van der Waals surface area contributed by atoms with Gasteiger partial charge in [-0.3, -0.25) is 19.3 Å². The van der Waals surface area contributed by atoms with Gasteiger partial charge in [0.1, 0.15) is 11.7 Å². The first kappa shape index (κ1) is 20.2. The molecule has 3 atom stereocenters. The number of imide groups is 1. The van der Waals surface area contributed by atoms with E-state index in [2.05, 4.69) is 0 Å². The first-order valence-corrected chi connectivity index (χ1v) is 10.5. The van der Waals surface area contributed by atoms with E-state index in [1.165, 1.54) is 17.0 Å². The summed E-state index contributed by atoms with van der Waals surface area (Å²) >= 11 is 0. The number of carbonyl (C=O) groups excluding carboxylic acids is 2. The Labute approximate surface area is 185 Å². The van der Waals surface area contributed by atoms with Crippen LogP contribution >= 0.6 is 0 Å². The van der Waals surface area contributed by atoms with E-state index in [0.717, 1.165) is 16.8 Å². The molecular formula is C26H21FN2O3. The number of amides is 2. The smallest absolute Gasteiger partial charge is 0.262 e. The van der Waals surface area contributed by atoms with Crippen molar-refractivity contribution in [3.63, 3.8) is 0 Å². The standard InChI is InChI=1S/C26H21FN2O3/c27-20-14-11-18(12-15-20)13-16-22-23-24(32-29(22)21-9-5-2-6-10-21)26(31)28(25(23)30)17-19-7-3-1-4-8-19/h1-16,22-24H,17H2/b16-13+/t22-,23-,24+/m0/s1. The highest BCUT2D eigenvalue weighted by molar-refractivity contribution is 6.07. The minimum atomic E-state index is -0.880. The van der Waals surface area contributed by atoms with Gasteiger partial charge in [0.25, 0.3) is 5.91 Å². The second kappa shape index (κ2) is 8.40. The van der Waals surface area contributed by atoms with Crippen LogP contribution in [0.2, 0.25) is 0 Å². The number of halogens is 1. The first-order valence-electron chi connectivity index (χ1n) is 10.5. The van der Waals surface area contributed by atoms with Crippen molar-refractivity contribution in [2.24, 2.45) is 5.92 Å². The Kier molecular flexibility index (Phi) is 5.29. The minimum absolute atomic E-state index is 0.217. The van der Waals surface area contributed by atoms with E-state index in [0.29, 0.717) is 0 Å². The molecule has 3 aromatic rings. The molecule has 6 heteroatoms. The fourth-order valence-electron chi connectivity index (χ4n) is 4.21. The Morgan fingerprint density at radius 3 is 2.19 bits per heavy atom. The van der Waals surface area contributed by atoms with Crippen molar-refractivity contribution < 1.29 is 18.8 Å². The number of benzene rings is 3. The molecule has 2 aliphatic heterocycles. The van der Waals surface area contributed by atoms with Crippen molar-refractivity contribution in [3.05, 3.63) is 108 Å². The molecule has 5 rings (SSSR count). The maximum Gasteiger partial charge on any atom is 0.262 e. The lowest BCUT2D eigenvalue weighted by Crippen LogP contribution is -2.39. The summed E-state index contributed by atoms with van der Waals surface area (Å²) in [5.41, 5.74) is 2.43. The van der Waals surface area contributed by atoms with Gasteiger partial charge >= 0.3 is 0 Å². The van der Waals surface area contributed by atoms with E-state index in [4.69, 9.17) is 4.84 Å². The molecule has 0 unspecified atom stereocenters. The van der Waals surface area contributed by atoms with E-state index < -0.39 is 18.1 Å². The number of anilines is 1. The van der Waals surface area contributed by atoms with Crippen molar-refractivity contribution in [2.75, 3.05) is 5.06 Å². The van der Waals surface area contributed by atoms with Crippen LogP contribution in [0.15, 0.2) is 91.0 Å². The average molecular weight is 428 g/mol. The summed E-state index contributed by atoms with van der Waals surface area (Å²) < 4.78 is 13.3. The van der Waals surface area contributed by atoms with Crippen molar-refractivity contribution in [2.45, 2.75) is 18.7 Å². The first-order chi connectivity index (χ1) is 15.6. The number of hydrogen-bond donors (Lipinski definition) is 0. The molecule has 0 aromatic heterocycles. The van der Waals surface area contributed by atoms with Gasteiger partial charge in [-0.05, 0) is 35.4 Å². The average Bonchev–Trinajstić information content (AvgIpc) is 3.31. The van der Waals surface area contributed by atoms with Crippen LogP contribution in [0.1, 0.15) is 11.1 Å². The van der Waals surface area contributed by atoms with Crippen LogP contribution in [0.4, 0.5) is 10.1 Å². The van der Waals surface area contributed by atoms with Crippen LogP contribution in [0.5, 0.6) is 0 Å². The van der Waals surface area contributed by atoms with Gasteiger partial charge in [-0.15, -0.1) is 0 Å². The number of para-hydroxylation sites is 1. The van der Waals surface area contributed by atoms with Gasteiger partial charge in [-0.1, -0.05) is 72.8 Å². The highest BCUT2D eigenvalue weighted by atomic mass is 19.1. The van der Waals surface area contributed by atoms with Gasteiger partial charge in [0.15, 0.2) is 6.10 Å². The highest BCUT2D eigenvalue weighted by Gasteiger charge is 2.58. The fourth-order valence-corrected chi connectivity index (χ4v) is 4.21. The van der Waals surface area contributed by atoms with Crippen molar-refractivity contribution in [3.8, 4) is 0 Å². The third-order valence-corrected chi connectivity index (χ3v) is 5.80. The lowest BCUT2D eigenvalue weighted by atomic mass is 9.95. The van der Waals surface area contributed by atoms with E-state index in [9.17, 15) is 14.0 Å². The molecule has 32 heavy (non-hydrogen) atoms. The zero-order valence-electron chi connectivity index (χ0n) is 17.2. The molecule has 0 bridgehead atoms. The Morgan fingerprint density at radius 2 is 1.50 bits per heavy atom. The van der Waals surface area contributed by atoms with Gasteiger partial charge in [0.2, 0.25) is 5.91 Å². The van der Waals surface area contributed by atoms with Crippen LogP contribution < -0.4 is 5.06 Å². The van der Waals surface area contributed by atoms with Gasteiger partial charge in [0.05, 0.1) is 18.3 Å². The number of nitrogens with zero attached hydrogens (tertiary/aromatic N) is 2. The minimum Gasteiger partial charge on any atom is -0.275 e. The maximum absolute atomic E-state index is 13.4. The summed E-state index contributed by atoms with van der Waals surface area (Å²) in [6, 6.07) is 24.4. The molecule has 2 fully saturated rings. The molecule has 160 valence electrons. The zero-order valence-corrected chi connectivity index (χ0v) is 17.2. The highest BCUT2D eigenvalue weighted by Crippen LogP contribution is 2.39. The summed E-state index contributed by atoms with van der Waals surface area (Å²) in [5, 5.41) is 1.63. The summed E-state index contributed by atoms with van der Waals surface area (Å²) in [6.45, 7) is 0.217. The Bertz CT molecular complexity index is 1150. The van der Waals surface area contributed by atoms with E-state index >= 15 is 0 Å². The molecule has 0 N–H and O–H groups in total. The van der Waals surface area contributed by atoms with Gasteiger partial charge in [0, 0.05) is 0 Å². The number of hydroxylamine groups is 1. The Hall–Kier alpha value is -3.77. The SMILES string of the molecule is O=C1[C@@H]2[C@@H](ON(c3ccccc3)[C@H]2/C=C/c2ccc(F)cc2)C(=O)N1Cc1ccccc1. The topological polar surface area (TPSA) is 49.9 Å². The van der Waals surface area contributed by atoms with Crippen LogP contribution in [0.25, 0.3) is 6.08 Å². The van der Waals surface area contributed by atoms with E-state index in [-0.39, 0.29) is 24.2 Å². The lowest BCUT2D eigenvalue weighted by molar-refractivity contribution is -0.143. The largest absolute Gasteiger partial charge is 0.275 e. The van der Waals surface area contributed by atoms with Crippen molar-refractivity contribution >= 4 is 23.6 Å². The summed E-state index contributed by atoms with van der Waals surface area (Å²) in [4.78, 5) is 33.8. The summed E-state index contributed by atoms with van der Waals surface area (Å²) in [6.07, 6.45) is 2.79. The van der Waals surface area contributed by atoms with Crippen molar-refractivity contribution in [1.29, 1.82) is 0 Å². The normalized spacial score (nSPS) is 22.7. The third-order valence-electron chi connectivity index (χ3n) is 5.80. The van der Waals surface area contributed by atoms with E-state index in [1.807, 2.05) is 72.8 Å². The number of fused-ring (bicyclic) bond motifs is 1. The monoisotopic (exact) mass is 428 g/mol. The lowest BCUT2D eigenvalue weighted by Gasteiger charge is -2.26.